The van der Waals surface area contributed by atoms with Gasteiger partial charge in [0.15, 0.2) is 0 Å². The second-order valence-corrected chi connectivity index (χ2v) is 7.06. The number of ether oxygens (including phenoxy) is 1. The molecule has 2 aromatic heterocycles. The Morgan fingerprint density at radius 3 is 2.64 bits per heavy atom. The summed E-state index contributed by atoms with van der Waals surface area (Å²) in [6.45, 7) is 0. The van der Waals surface area contributed by atoms with Gasteiger partial charge in [-0.2, -0.15) is 10.1 Å². The Labute approximate surface area is 170 Å². The van der Waals surface area contributed by atoms with Crippen LogP contribution in [-0.2, 0) is 0 Å². The number of halogens is 2. The number of hydrogen-bond acceptors (Lipinski definition) is 6. The summed E-state index contributed by atoms with van der Waals surface area (Å²) < 4.78 is 5.92. The first kappa shape index (κ1) is 18.5. The average molecular weight is 419 g/mol. The van der Waals surface area contributed by atoms with Gasteiger partial charge in [-0.3, -0.25) is 9.89 Å². The minimum Gasteiger partial charge on any atom is -0.474 e. The summed E-state index contributed by atoms with van der Waals surface area (Å²) in [7, 11) is 0. The Hall–Kier alpha value is -2.84. The van der Waals surface area contributed by atoms with E-state index in [1.807, 2.05) is 0 Å². The molecular weight excluding hydrogens is 403 g/mol. The summed E-state index contributed by atoms with van der Waals surface area (Å²) in [6, 6.07) is 4.98. The molecule has 0 spiro atoms. The summed E-state index contributed by atoms with van der Waals surface area (Å²) in [5.74, 6) is 0.0357. The van der Waals surface area contributed by atoms with E-state index in [0.717, 1.165) is 19.3 Å². The minimum atomic E-state index is -0.459. The molecule has 4 rings (SSSR count). The van der Waals surface area contributed by atoms with Gasteiger partial charge in [0.25, 0.3) is 5.91 Å². The third kappa shape index (κ3) is 4.02. The summed E-state index contributed by atoms with van der Waals surface area (Å²) in [6.07, 6.45) is 7.63. The zero-order valence-corrected chi connectivity index (χ0v) is 16.1. The van der Waals surface area contributed by atoms with Crippen molar-refractivity contribution in [3.05, 3.63) is 52.4 Å². The van der Waals surface area contributed by atoms with E-state index >= 15 is 0 Å². The van der Waals surface area contributed by atoms with Crippen molar-refractivity contribution in [3.63, 3.8) is 0 Å². The lowest BCUT2D eigenvalue weighted by atomic mass is 9.96. The lowest BCUT2D eigenvalue weighted by Crippen LogP contribution is -2.27. The van der Waals surface area contributed by atoms with E-state index in [-0.39, 0.29) is 17.5 Å². The highest BCUT2D eigenvalue weighted by molar-refractivity contribution is 6.40. The topological polar surface area (TPSA) is 105 Å². The van der Waals surface area contributed by atoms with Crippen molar-refractivity contribution in [3.8, 4) is 5.88 Å². The standard InChI is InChI=1S/C18H16Cl2N6O2/c19-13-5-2-6-14(20)15(13)25-16(27)12-9-21-18(24-10-7-22-23-8-10)26-17(12)28-11-3-1-4-11/h2,5-9,11H,1,3-4H2,(H,22,23)(H,25,27)(H,21,24,26). The number of nitrogens with zero attached hydrogens (tertiary/aromatic N) is 3. The summed E-state index contributed by atoms with van der Waals surface area (Å²) in [5, 5.41) is 12.9. The number of carbonyl (C=O) groups excluding carboxylic acids is 1. The predicted molar refractivity (Wildman–Crippen MR) is 107 cm³/mol. The van der Waals surface area contributed by atoms with Crippen LogP contribution < -0.4 is 15.4 Å². The maximum Gasteiger partial charge on any atom is 0.262 e. The van der Waals surface area contributed by atoms with Crippen LogP contribution in [0, 0.1) is 0 Å². The number of amides is 1. The molecule has 2 heterocycles. The number of benzene rings is 1. The summed E-state index contributed by atoms with van der Waals surface area (Å²) >= 11 is 12.3. The number of H-pyrrole nitrogens is 1. The predicted octanol–water partition coefficient (Wildman–Crippen LogP) is 4.43. The molecule has 0 unspecified atom stereocenters. The molecule has 10 heteroatoms. The molecule has 1 aliphatic carbocycles. The van der Waals surface area contributed by atoms with Gasteiger partial charge in [-0.25, -0.2) is 4.98 Å². The normalized spacial score (nSPS) is 13.6. The van der Waals surface area contributed by atoms with Gasteiger partial charge in [-0.05, 0) is 31.4 Å². The number of aromatic nitrogens is 4. The molecule has 1 saturated carbocycles. The van der Waals surface area contributed by atoms with Crippen molar-refractivity contribution in [2.45, 2.75) is 25.4 Å². The van der Waals surface area contributed by atoms with E-state index in [1.165, 1.54) is 6.20 Å². The van der Waals surface area contributed by atoms with Gasteiger partial charge in [0.05, 0.1) is 27.6 Å². The third-order valence-corrected chi connectivity index (χ3v) is 4.91. The van der Waals surface area contributed by atoms with Crippen molar-refractivity contribution in [1.82, 2.24) is 20.2 Å². The molecule has 0 aliphatic heterocycles. The maximum absolute atomic E-state index is 12.8. The van der Waals surface area contributed by atoms with E-state index in [4.69, 9.17) is 27.9 Å². The first-order valence-corrected chi connectivity index (χ1v) is 9.40. The van der Waals surface area contributed by atoms with E-state index < -0.39 is 5.91 Å². The number of carbonyl (C=O) groups is 1. The quantitative estimate of drug-likeness (QED) is 0.546. The molecule has 0 atom stereocenters. The van der Waals surface area contributed by atoms with Crippen molar-refractivity contribution >= 4 is 46.4 Å². The SMILES string of the molecule is O=C(Nc1c(Cl)cccc1Cl)c1cnc(Nc2cn[nH]c2)nc1OC1CCC1. The van der Waals surface area contributed by atoms with Crippen molar-refractivity contribution in [2.24, 2.45) is 0 Å². The molecule has 144 valence electrons. The number of rotatable bonds is 6. The highest BCUT2D eigenvalue weighted by Gasteiger charge is 2.25. The van der Waals surface area contributed by atoms with Gasteiger partial charge in [-0.15, -0.1) is 0 Å². The molecule has 8 nitrogen and oxygen atoms in total. The number of aromatic amines is 1. The molecule has 1 fully saturated rings. The first-order valence-electron chi connectivity index (χ1n) is 8.65. The van der Waals surface area contributed by atoms with Gasteiger partial charge in [0.2, 0.25) is 11.8 Å². The molecule has 1 aromatic carbocycles. The second-order valence-electron chi connectivity index (χ2n) is 6.25. The fraction of sp³-hybridized carbons (Fsp3) is 0.222. The third-order valence-electron chi connectivity index (χ3n) is 4.28. The van der Waals surface area contributed by atoms with Crippen LogP contribution in [0.2, 0.25) is 10.0 Å². The first-order chi connectivity index (χ1) is 13.6. The number of anilines is 3. The maximum atomic E-state index is 12.8. The summed E-state index contributed by atoms with van der Waals surface area (Å²) in [5.41, 5.74) is 1.21. The Morgan fingerprint density at radius 2 is 2.00 bits per heavy atom. The molecule has 28 heavy (non-hydrogen) atoms. The molecule has 1 aliphatic rings. The average Bonchev–Trinajstić information content (AvgIpc) is 3.14. The lowest BCUT2D eigenvalue weighted by Gasteiger charge is -2.26. The Kier molecular flexibility index (Phi) is 5.31. The van der Waals surface area contributed by atoms with Gasteiger partial charge in [0.1, 0.15) is 11.7 Å². The molecule has 0 radical (unpaired) electrons. The fourth-order valence-electron chi connectivity index (χ4n) is 2.56. The van der Waals surface area contributed by atoms with Crippen molar-refractivity contribution in [1.29, 1.82) is 0 Å². The fourth-order valence-corrected chi connectivity index (χ4v) is 3.06. The highest BCUT2D eigenvalue weighted by Crippen LogP contribution is 2.32. The van der Waals surface area contributed by atoms with Gasteiger partial charge >= 0.3 is 0 Å². The Bertz CT molecular complexity index is 971. The van der Waals surface area contributed by atoms with E-state index in [2.05, 4.69) is 30.8 Å². The van der Waals surface area contributed by atoms with Crippen LogP contribution in [0.1, 0.15) is 29.6 Å². The van der Waals surface area contributed by atoms with Crippen molar-refractivity contribution in [2.75, 3.05) is 10.6 Å². The Morgan fingerprint density at radius 1 is 1.21 bits per heavy atom. The zero-order valence-electron chi connectivity index (χ0n) is 14.6. The molecule has 0 saturated heterocycles. The molecule has 3 N–H and O–H groups in total. The van der Waals surface area contributed by atoms with Crippen LogP contribution in [0.3, 0.4) is 0 Å². The smallest absolute Gasteiger partial charge is 0.262 e. The minimum absolute atomic E-state index is 0.0344. The van der Waals surface area contributed by atoms with Gasteiger partial charge < -0.3 is 15.4 Å². The summed E-state index contributed by atoms with van der Waals surface area (Å²) in [4.78, 5) is 21.4. The van der Waals surface area contributed by atoms with Crippen molar-refractivity contribution < 1.29 is 9.53 Å². The lowest BCUT2D eigenvalue weighted by molar-refractivity contribution is 0.0979. The molecule has 1 amide bonds. The highest BCUT2D eigenvalue weighted by atomic mass is 35.5. The Balaban J connectivity index is 1.61. The van der Waals surface area contributed by atoms with Crippen LogP contribution in [-0.4, -0.2) is 32.2 Å². The van der Waals surface area contributed by atoms with Crippen LogP contribution in [0.5, 0.6) is 5.88 Å². The number of hydrogen-bond donors (Lipinski definition) is 3. The molecular formula is C18H16Cl2N6O2. The van der Waals surface area contributed by atoms with Crippen LogP contribution in [0.25, 0.3) is 0 Å². The van der Waals surface area contributed by atoms with Gasteiger partial charge in [-0.1, -0.05) is 29.3 Å². The van der Waals surface area contributed by atoms with Crippen LogP contribution in [0.4, 0.5) is 17.3 Å². The van der Waals surface area contributed by atoms with E-state index in [9.17, 15) is 4.79 Å². The van der Waals surface area contributed by atoms with Crippen LogP contribution in [0.15, 0.2) is 36.8 Å². The number of nitrogens with one attached hydrogen (secondary N) is 3. The van der Waals surface area contributed by atoms with E-state index in [1.54, 1.807) is 30.6 Å². The molecule has 3 aromatic rings. The number of para-hydroxylation sites is 1. The van der Waals surface area contributed by atoms with E-state index in [0.29, 0.717) is 27.4 Å². The zero-order chi connectivity index (χ0) is 19.5. The second kappa shape index (κ2) is 8.04. The van der Waals surface area contributed by atoms with Crippen LogP contribution >= 0.6 is 23.2 Å². The monoisotopic (exact) mass is 418 g/mol. The van der Waals surface area contributed by atoms with Gasteiger partial charge in [0, 0.05) is 12.4 Å². The molecule has 0 bridgehead atoms. The largest absolute Gasteiger partial charge is 0.474 e.